The molecule has 0 atom stereocenters. The van der Waals surface area contributed by atoms with Gasteiger partial charge in [-0.2, -0.15) is 13.2 Å². The minimum atomic E-state index is -4.29. The molecule has 0 saturated heterocycles. The number of unbranched alkanes of at least 4 members (excludes halogenated alkanes) is 1. The van der Waals surface area contributed by atoms with Crippen LogP contribution in [-0.2, 0) is 11.5 Å². The van der Waals surface area contributed by atoms with Crippen molar-refractivity contribution in [1.29, 1.82) is 0 Å². The van der Waals surface area contributed by atoms with Gasteiger partial charge in [0.1, 0.15) is 0 Å². The SMILES string of the molecule is CCCCN(c1ccc(CBr)c(C(F)(F)F)c1)C1CC1. The summed E-state index contributed by atoms with van der Waals surface area (Å²) >= 11 is 3.13. The van der Waals surface area contributed by atoms with Crippen LogP contribution in [0.1, 0.15) is 43.7 Å². The molecule has 112 valence electrons. The molecule has 0 heterocycles. The second-order valence-electron chi connectivity index (χ2n) is 5.25. The van der Waals surface area contributed by atoms with Crippen molar-refractivity contribution in [3.8, 4) is 0 Å². The molecule has 0 amide bonds. The summed E-state index contributed by atoms with van der Waals surface area (Å²) in [5.41, 5.74) is 0.486. The number of hydrogen-bond acceptors (Lipinski definition) is 1. The van der Waals surface area contributed by atoms with Crippen molar-refractivity contribution < 1.29 is 13.2 Å². The van der Waals surface area contributed by atoms with E-state index in [4.69, 9.17) is 0 Å². The predicted octanol–water partition coefficient (Wildman–Crippen LogP) is 5.37. The fraction of sp³-hybridized carbons (Fsp3) is 0.600. The van der Waals surface area contributed by atoms with Gasteiger partial charge in [0.2, 0.25) is 0 Å². The maximum Gasteiger partial charge on any atom is 0.416 e. The molecular weight excluding hydrogens is 331 g/mol. The zero-order valence-corrected chi connectivity index (χ0v) is 13.1. The quantitative estimate of drug-likeness (QED) is 0.624. The van der Waals surface area contributed by atoms with Crippen LogP contribution in [-0.4, -0.2) is 12.6 Å². The van der Waals surface area contributed by atoms with Gasteiger partial charge in [0.05, 0.1) is 5.56 Å². The molecule has 1 aliphatic carbocycles. The number of hydrogen-bond donors (Lipinski definition) is 0. The van der Waals surface area contributed by atoms with Gasteiger partial charge in [-0.05, 0) is 37.0 Å². The van der Waals surface area contributed by atoms with Crippen molar-refractivity contribution in [2.24, 2.45) is 0 Å². The van der Waals surface area contributed by atoms with Crippen LogP contribution >= 0.6 is 15.9 Å². The first-order valence-corrected chi connectivity index (χ1v) is 8.12. The fourth-order valence-electron chi connectivity index (χ4n) is 2.36. The largest absolute Gasteiger partial charge is 0.416 e. The van der Waals surface area contributed by atoms with E-state index in [1.54, 1.807) is 6.07 Å². The summed E-state index contributed by atoms with van der Waals surface area (Å²) in [5, 5.41) is 0.223. The normalized spacial score (nSPS) is 15.4. The van der Waals surface area contributed by atoms with E-state index in [1.807, 2.05) is 6.07 Å². The molecule has 0 unspecified atom stereocenters. The van der Waals surface area contributed by atoms with Crippen LogP contribution in [0.2, 0.25) is 0 Å². The minimum Gasteiger partial charge on any atom is -0.369 e. The van der Waals surface area contributed by atoms with E-state index in [0.717, 1.165) is 32.2 Å². The predicted molar refractivity (Wildman–Crippen MR) is 79.4 cm³/mol. The fourth-order valence-corrected chi connectivity index (χ4v) is 2.85. The zero-order chi connectivity index (χ0) is 14.8. The van der Waals surface area contributed by atoms with Crippen molar-refractivity contribution in [3.63, 3.8) is 0 Å². The van der Waals surface area contributed by atoms with E-state index in [0.29, 0.717) is 17.3 Å². The number of benzene rings is 1. The zero-order valence-electron chi connectivity index (χ0n) is 11.5. The molecule has 0 aliphatic heterocycles. The lowest BCUT2D eigenvalue weighted by Gasteiger charge is -2.26. The second kappa shape index (κ2) is 6.37. The minimum absolute atomic E-state index is 0.223. The molecule has 0 spiro atoms. The molecule has 0 radical (unpaired) electrons. The van der Waals surface area contributed by atoms with Crippen LogP contribution in [0.4, 0.5) is 18.9 Å². The monoisotopic (exact) mass is 349 g/mol. The Balaban J connectivity index is 2.30. The number of rotatable bonds is 6. The van der Waals surface area contributed by atoms with Crippen LogP contribution in [0.25, 0.3) is 0 Å². The van der Waals surface area contributed by atoms with E-state index < -0.39 is 11.7 Å². The van der Waals surface area contributed by atoms with Gasteiger partial charge in [-0.3, -0.25) is 0 Å². The summed E-state index contributed by atoms with van der Waals surface area (Å²) in [6, 6.07) is 5.15. The first kappa shape index (κ1) is 15.7. The third kappa shape index (κ3) is 3.68. The third-order valence-corrected chi connectivity index (χ3v) is 4.22. The molecule has 2 rings (SSSR count). The van der Waals surface area contributed by atoms with Gasteiger partial charge in [-0.1, -0.05) is 35.3 Å². The van der Waals surface area contributed by atoms with Gasteiger partial charge >= 0.3 is 6.18 Å². The average molecular weight is 350 g/mol. The molecule has 1 aromatic carbocycles. The number of nitrogens with zero attached hydrogens (tertiary/aromatic N) is 1. The van der Waals surface area contributed by atoms with Crippen molar-refractivity contribution in [2.45, 2.75) is 50.2 Å². The van der Waals surface area contributed by atoms with E-state index in [2.05, 4.69) is 27.8 Å². The Kier molecular flexibility index (Phi) is 4.99. The molecule has 5 heteroatoms. The van der Waals surface area contributed by atoms with Crippen LogP contribution in [0.15, 0.2) is 18.2 Å². The molecule has 0 aromatic heterocycles. The lowest BCUT2D eigenvalue weighted by atomic mass is 10.1. The molecular formula is C15H19BrF3N. The Morgan fingerprint density at radius 2 is 2.00 bits per heavy atom. The van der Waals surface area contributed by atoms with Gasteiger partial charge in [0.15, 0.2) is 0 Å². The molecule has 1 saturated carbocycles. The summed E-state index contributed by atoms with van der Waals surface area (Å²) in [6.07, 6.45) is -0.0531. The molecule has 20 heavy (non-hydrogen) atoms. The van der Waals surface area contributed by atoms with Crippen molar-refractivity contribution in [1.82, 2.24) is 0 Å². The lowest BCUT2D eigenvalue weighted by Crippen LogP contribution is -2.27. The van der Waals surface area contributed by atoms with Gasteiger partial charge in [0.25, 0.3) is 0 Å². The third-order valence-electron chi connectivity index (χ3n) is 3.61. The van der Waals surface area contributed by atoms with E-state index in [1.165, 1.54) is 6.07 Å². The second-order valence-corrected chi connectivity index (χ2v) is 5.81. The lowest BCUT2D eigenvalue weighted by molar-refractivity contribution is -0.138. The topological polar surface area (TPSA) is 3.24 Å². The van der Waals surface area contributed by atoms with Gasteiger partial charge < -0.3 is 4.90 Å². The summed E-state index contributed by atoms with van der Waals surface area (Å²) in [7, 11) is 0. The Morgan fingerprint density at radius 3 is 2.50 bits per heavy atom. The van der Waals surface area contributed by atoms with Crippen molar-refractivity contribution in [3.05, 3.63) is 29.3 Å². The molecule has 1 aromatic rings. The smallest absolute Gasteiger partial charge is 0.369 e. The van der Waals surface area contributed by atoms with E-state index in [9.17, 15) is 13.2 Å². The molecule has 1 fully saturated rings. The molecule has 1 aliphatic rings. The highest BCUT2D eigenvalue weighted by Gasteiger charge is 2.35. The van der Waals surface area contributed by atoms with Crippen LogP contribution in [0.3, 0.4) is 0 Å². The highest BCUT2D eigenvalue weighted by molar-refractivity contribution is 9.08. The van der Waals surface area contributed by atoms with Crippen molar-refractivity contribution in [2.75, 3.05) is 11.4 Å². The summed E-state index contributed by atoms with van der Waals surface area (Å²) in [4.78, 5) is 2.14. The maximum absolute atomic E-state index is 13.1. The first-order chi connectivity index (χ1) is 9.47. The van der Waals surface area contributed by atoms with Gasteiger partial charge in [-0.25, -0.2) is 0 Å². The van der Waals surface area contributed by atoms with E-state index in [-0.39, 0.29) is 5.33 Å². The van der Waals surface area contributed by atoms with E-state index >= 15 is 0 Å². The van der Waals surface area contributed by atoms with Crippen LogP contribution in [0.5, 0.6) is 0 Å². The van der Waals surface area contributed by atoms with Crippen LogP contribution < -0.4 is 4.90 Å². The Bertz CT molecular complexity index is 455. The maximum atomic E-state index is 13.1. The molecule has 1 nitrogen and oxygen atoms in total. The van der Waals surface area contributed by atoms with Crippen LogP contribution in [0, 0.1) is 0 Å². The number of halogens is 4. The highest BCUT2D eigenvalue weighted by Crippen LogP contribution is 2.38. The standard InChI is InChI=1S/C15H19BrF3N/c1-2-3-8-20(12-6-7-12)13-5-4-11(10-16)14(9-13)15(17,18)19/h4-5,9,12H,2-3,6-8,10H2,1H3. The molecule has 0 N–H and O–H groups in total. The summed E-state index contributed by atoms with van der Waals surface area (Å²) in [6.45, 7) is 2.94. The number of anilines is 1. The average Bonchev–Trinajstić information content (AvgIpc) is 3.22. The Morgan fingerprint density at radius 1 is 1.30 bits per heavy atom. The first-order valence-electron chi connectivity index (χ1n) is 7.00. The van der Waals surface area contributed by atoms with Gasteiger partial charge in [0, 0.05) is 23.6 Å². The Labute approximate surface area is 126 Å². The Hall–Kier alpha value is -0.710. The van der Waals surface area contributed by atoms with Gasteiger partial charge in [-0.15, -0.1) is 0 Å². The summed E-state index contributed by atoms with van der Waals surface area (Å²) < 4.78 is 39.3. The van der Waals surface area contributed by atoms with Crippen molar-refractivity contribution >= 4 is 21.6 Å². The summed E-state index contributed by atoms with van der Waals surface area (Å²) in [5.74, 6) is 0. The highest BCUT2D eigenvalue weighted by atomic mass is 79.9. The number of alkyl halides is 4. The molecule has 0 bridgehead atoms.